The second kappa shape index (κ2) is 14.9. The molecule has 3 aromatic rings. The van der Waals surface area contributed by atoms with Crippen molar-refractivity contribution in [1.29, 1.82) is 0 Å². The molecule has 0 radical (unpaired) electrons. The van der Waals surface area contributed by atoms with Crippen LogP contribution < -0.4 is 0 Å². The predicted molar refractivity (Wildman–Crippen MR) is 155 cm³/mol. The summed E-state index contributed by atoms with van der Waals surface area (Å²) in [5, 5.41) is 0.667. The quantitative estimate of drug-likeness (QED) is 0.142. The molecule has 206 valence electrons. The molecule has 0 aliphatic heterocycles. The predicted octanol–water partition coefficient (Wildman–Crippen LogP) is 8.02. The topological polar surface area (TPSA) is 59.8 Å². The highest BCUT2D eigenvalue weighted by atomic mass is 16.5. The molecule has 0 atom stereocenters. The second-order valence-electron chi connectivity index (χ2n) is 10.5. The minimum absolute atomic E-state index is 0.0709. The van der Waals surface area contributed by atoms with E-state index < -0.39 is 5.97 Å². The maximum Gasteiger partial charge on any atom is 0.338 e. The average Bonchev–Trinajstić information content (AvgIpc) is 3.26. The number of aryl methyl sites for hydroxylation is 2. The minimum atomic E-state index is -0.397. The lowest BCUT2D eigenvalue weighted by Gasteiger charge is -2.21. The third kappa shape index (κ3) is 8.04. The molecule has 5 heteroatoms. The molecule has 0 saturated heterocycles. The molecule has 2 aromatic carbocycles. The Morgan fingerprint density at radius 2 is 1.45 bits per heavy atom. The number of carbonyl (C=O) groups excluding carboxylic acids is 2. The summed E-state index contributed by atoms with van der Waals surface area (Å²) < 4.78 is 11.4. The summed E-state index contributed by atoms with van der Waals surface area (Å²) in [5.41, 5.74) is 3.47. The maximum absolute atomic E-state index is 13.7. The highest BCUT2D eigenvalue weighted by molar-refractivity contribution is 6.17. The molecule has 0 unspecified atom stereocenters. The molecule has 0 spiro atoms. The van der Waals surface area contributed by atoms with Crippen molar-refractivity contribution in [3.63, 3.8) is 0 Å². The van der Waals surface area contributed by atoms with Gasteiger partial charge in [0.05, 0.1) is 17.2 Å². The third-order valence-electron chi connectivity index (χ3n) is 6.86. The van der Waals surface area contributed by atoms with Gasteiger partial charge in [-0.25, -0.2) is 4.79 Å². The van der Waals surface area contributed by atoms with E-state index >= 15 is 0 Å². The van der Waals surface area contributed by atoms with Crippen LogP contribution in [-0.4, -0.2) is 42.4 Å². The number of nitrogens with zero attached hydrogens (tertiary/aromatic N) is 1. The fourth-order valence-corrected chi connectivity index (χ4v) is 4.78. The van der Waals surface area contributed by atoms with Gasteiger partial charge < -0.3 is 14.1 Å². The highest BCUT2D eigenvalue weighted by Crippen LogP contribution is 2.30. The molecule has 38 heavy (non-hydrogen) atoms. The van der Waals surface area contributed by atoms with Gasteiger partial charge in [0.1, 0.15) is 11.3 Å². The van der Waals surface area contributed by atoms with E-state index in [1.54, 1.807) is 18.2 Å². The normalized spacial score (nSPS) is 11.6. The highest BCUT2D eigenvalue weighted by Gasteiger charge is 2.23. The number of ether oxygens (including phenoxy) is 1. The van der Waals surface area contributed by atoms with Gasteiger partial charge in [0.15, 0.2) is 5.78 Å². The first-order valence-electron chi connectivity index (χ1n) is 14.5. The van der Waals surface area contributed by atoms with Gasteiger partial charge in [0.2, 0.25) is 0 Å². The Morgan fingerprint density at radius 3 is 2.05 bits per heavy atom. The van der Waals surface area contributed by atoms with Crippen LogP contribution in [0.1, 0.15) is 111 Å². The van der Waals surface area contributed by atoms with E-state index in [0.29, 0.717) is 39.8 Å². The Kier molecular flexibility index (Phi) is 11.6. The van der Waals surface area contributed by atoms with Gasteiger partial charge in [-0.05, 0) is 89.3 Å². The lowest BCUT2D eigenvalue weighted by atomic mass is 9.96. The molecule has 1 aromatic heterocycles. The smallest absolute Gasteiger partial charge is 0.338 e. The minimum Gasteiger partial charge on any atom is -0.460 e. The van der Waals surface area contributed by atoms with Crippen LogP contribution in [0.3, 0.4) is 0 Å². The van der Waals surface area contributed by atoms with Crippen LogP contribution in [0.2, 0.25) is 0 Å². The van der Waals surface area contributed by atoms with Gasteiger partial charge >= 0.3 is 5.97 Å². The van der Waals surface area contributed by atoms with E-state index in [-0.39, 0.29) is 11.9 Å². The first-order valence-corrected chi connectivity index (χ1v) is 14.5. The van der Waals surface area contributed by atoms with E-state index in [2.05, 4.69) is 37.8 Å². The van der Waals surface area contributed by atoms with E-state index in [4.69, 9.17) is 9.15 Å². The Bertz CT molecular complexity index is 1170. The molecule has 0 saturated carbocycles. The van der Waals surface area contributed by atoms with Crippen LogP contribution in [0.25, 0.3) is 11.0 Å². The fourth-order valence-electron chi connectivity index (χ4n) is 4.78. The lowest BCUT2D eigenvalue weighted by molar-refractivity contribution is 0.0378. The molecule has 1 heterocycles. The van der Waals surface area contributed by atoms with Crippen molar-refractivity contribution in [2.75, 3.05) is 19.6 Å². The second-order valence-corrected chi connectivity index (χ2v) is 10.5. The third-order valence-corrected chi connectivity index (χ3v) is 6.86. The van der Waals surface area contributed by atoms with Gasteiger partial charge in [0.25, 0.3) is 0 Å². The molecule has 5 nitrogen and oxygen atoms in total. The largest absolute Gasteiger partial charge is 0.460 e. The van der Waals surface area contributed by atoms with Crippen molar-refractivity contribution in [2.45, 2.75) is 92.1 Å². The van der Waals surface area contributed by atoms with Gasteiger partial charge in [-0.3, -0.25) is 4.79 Å². The zero-order chi connectivity index (χ0) is 27.5. The summed E-state index contributed by atoms with van der Waals surface area (Å²) in [6.45, 7) is 13.7. The molecule has 0 aliphatic carbocycles. The van der Waals surface area contributed by atoms with Gasteiger partial charge in [-0.15, -0.1) is 0 Å². The number of benzene rings is 2. The van der Waals surface area contributed by atoms with Crippen molar-refractivity contribution in [3.05, 3.63) is 70.5 Å². The summed E-state index contributed by atoms with van der Waals surface area (Å²) in [6, 6.07) is 13.2. The number of furan rings is 1. The van der Waals surface area contributed by atoms with E-state index in [0.717, 1.165) is 25.8 Å². The van der Waals surface area contributed by atoms with Gasteiger partial charge in [-0.2, -0.15) is 0 Å². The summed E-state index contributed by atoms with van der Waals surface area (Å²) in [6.07, 6.45) is 8.38. The molecule has 0 amide bonds. The summed E-state index contributed by atoms with van der Waals surface area (Å²) in [5.74, 6) is 0.203. The van der Waals surface area contributed by atoms with Crippen LogP contribution >= 0.6 is 0 Å². The van der Waals surface area contributed by atoms with E-state index in [1.165, 1.54) is 44.3 Å². The number of carbonyl (C=O) groups is 2. The number of ketones is 1. The van der Waals surface area contributed by atoms with Crippen LogP contribution in [0, 0.1) is 0 Å². The molecule has 3 rings (SSSR count). The van der Waals surface area contributed by atoms with Crippen molar-refractivity contribution in [1.82, 2.24) is 4.90 Å². The first-order chi connectivity index (χ1) is 18.4. The van der Waals surface area contributed by atoms with Gasteiger partial charge in [0, 0.05) is 17.4 Å². The lowest BCUT2D eigenvalue weighted by Crippen LogP contribution is -2.27. The number of hydrogen-bond acceptors (Lipinski definition) is 5. The number of rotatable bonds is 16. The Morgan fingerprint density at radius 1 is 0.816 bits per heavy atom. The fraction of sp³-hybridized carbons (Fsp3) is 0.515. The summed E-state index contributed by atoms with van der Waals surface area (Å²) in [7, 11) is 0. The van der Waals surface area contributed by atoms with Crippen LogP contribution in [0.4, 0.5) is 0 Å². The monoisotopic (exact) mass is 519 g/mol. The van der Waals surface area contributed by atoms with Crippen molar-refractivity contribution < 1.29 is 18.7 Å². The molecular formula is C33H45NO4. The van der Waals surface area contributed by atoms with Crippen LogP contribution in [-0.2, 0) is 17.6 Å². The van der Waals surface area contributed by atoms with Crippen molar-refractivity contribution in [3.8, 4) is 0 Å². The number of unbranched alkanes of at least 4 members (excludes halogenated alkanes) is 2. The molecule has 0 bridgehead atoms. The van der Waals surface area contributed by atoms with Crippen LogP contribution in [0.15, 0.2) is 46.9 Å². The number of hydrogen-bond donors (Lipinski definition) is 0. The summed E-state index contributed by atoms with van der Waals surface area (Å²) in [4.78, 5) is 28.8. The molecule has 0 fully saturated rings. The van der Waals surface area contributed by atoms with E-state index in [9.17, 15) is 9.59 Å². The maximum atomic E-state index is 13.7. The number of esters is 1. The summed E-state index contributed by atoms with van der Waals surface area (Å²) >= 11 is 0. The zero-order valence-corrected chi connectivity index (χ0v) is 24.0. The van der Waals surface area contributed by atoms with Crippen LogP contribution in [0.5, 0.6) is 0 Å². The molecular weight excluding hydrogens is 474 g/mol. The Balaban J connectivity index is 1.76. The average molecular weight is 520 g/mol. The first kappa shape index (κ1) is 29.6. The number of fused-ring (bicyclic) bond motifs is 1. The van der Waals surface area contributed by atoms with E-state index in [1.807, 2.05) is 26.0 Å². The Hall–Kier alpha value is -2.92. The van der Waals surface area contributed by atoms with Crippen molar-refractivity contribution >= 4 is 22.7 Å². The molecule has 0 aliphatic rings. The van der Waals surface area contributed by atoms with Crippen molar-refractivity contribution in [2.24, 2.45) is 0 Å². The van der Waals surface area contributed by atoms with Gasteiger partial charge in [-0.1, -0.05) is 57.9 Å². The zero-order valence-electron chi connectivity index (χ0n) is 24.0. The SMILES string of the molecule is CCCCN(CCCC)CCCc1ccc(C(=O)c2c(CCC)oc3ccc(C(=O)OC(C)C)cc23)cc1. The molecule has 0 N–H and O–H groups in total. The Labute approximate surface area is 228 Å². The standard InChI is InChI=1S/C33H45NO4/c1-6-9-20-34(21-10-7-2)22-11-13-25-14-16-26(17-15-25)32(35)31-28-23-27(33(36)37-24(4)5)18-19-29(28)38-30(31)12-8-3/h14-19,23-24H,6-13,20-22H2,1-5H3.